The number of rotatable bonds is 4. The third-order valence-corrected chi connectivity index (χ3v) is 3.32. The molecule has 0 aliphatic heterocycles. The highest BCUT2D eigenvalue weighted by molar-refractivity contribution is 6.31. The van der Waals surface area contributed by atoms with Crippen LogP contribution in [0.4, 0.5) is 0 Å². The Morgan fingerprint density at radius 2 is 2.00 bits per heavy atom. The molecule has 2 rings (SSSR count). The molecule has 1 aromatic carbocycles. The summed E-state index contributed by atoms with van der Waals surface area (Å²) in [6.07, 6.45) is 1.73. The van der Waals surface area contributed by atoms with Gasteiger partial charge in [0.05, 0.1) is 19.3 Å². The summed E-state index contributed by atoms with van der Waals surface area (Å²) in [6.45, 7) is 4.85. The van der Waals surface area contributed by atoms with Gasteiger partial charge in [0, 0.05) is 16.3 Å². The lowest BCUT2D eigenvalue weighted by Gasteiger charge is -2.13. The average Bonchev–Trinajstić information content (AvgIpc) is 2.75. The molecule has 0 bridgehead atoms. The fourth-order valence-corrected chi connectivity index (χ4v) is 2.33. The number of nitrogens with zero attached hydrogens (tertiary/aromatic N) is 2. The van der Waals surface area contributed by atoms with Gasteiger partial charge in [-0.25, -0.2) is 0 Å². The summed E-state index contributed by atoms with van der Waals surface area (Å²) in [7, 11) is 0. The Bertz CT molecular complexity index is 534. The maximum Gasteiger partial charge on any atom is 0.0715 e. The van der Waals surface area contributed by atoms with Gasteiger partial charge in [0.2, 0.25) is 0 Å². The van der Waals surface area contributed by atoms with Gasteiger partial charge in [0.1, 0.15) is 0 Å². The fraction of sp³-hybridized carbons (Fsp3) is 0.357. The van der Waals surface area contributed by atoms with Crippen LogP contribution in [-0.2, 0) is 13.2 Å². The first-order chi connectivity index (χ1) is 8.63. The molecule has 96 valence electrons. The van der Waals surface area contributed by atoms with E-state index in [1.165, 1.54) is 0 Å². The molecule has 0 radical (unpaired) electrons. The predicted molar refractivity (Wildman–Crippen MR) is 72.8 cm³/mol. The number of aromatic nitrogens is 2. The molecule has 1 N–H and O–H groups in total. The van der Waals surface area contributed by atoms with Gasteiger partial charge in [-0.1, -0.05) is 43.6 Å². The number of aliphatic hydroxyl groups excluding tert-OH is 1. The highest BCUT2D eigenvalue weighted by atomic mass is 35.5. The molecule has 2 aromatic rings. The topological polar surface area (TPSA) is 38.1 Å². The van der Waals surface area contributed by atoms with Gasteiger partial charge in [-0.15, -0.1) is 0 Å². The molecule has 0 amide bonds. The molecular formula is C14H17ClN2O. The second-order valence-electron chi connectivity index (χ2n) is 4.62. The van der Waals surface area contributed by atoms with Gasteiger partial charge in [0.25, 0.3) is 0 Å². The molecule has 18 heavy (non-hydrogen) atoms. The van der Waals surface area contributed by atoms with Crippen LogP contribution in [0.15, 0.2) is 30.5 Å². The Labute approximate surface area is 112 Å². The molecule has 4 heteroatoms. The first kappa shape index (κ1) is 13.1. The van der Waals surface area contributed by atoms with Gasteiger partial charge in [-0.2, -0.15) is 5.10 Å². The summed E-state index contributed by atoms with van der Waals surface area (Å²) >= 11 is 6.16. The smallest absolute Gasteiger partial charge is 0.0715 e. The number of benzene rings is 1. The number of hydrogen-bond acceptors (Lipinski definition) is 2. The van der Waals surface area contributed by atoms with Crippen LogP contribution in [0.25, 0.3) is 0 Å². The molecule has 0 unspecified atom stereocenters. The number of halogens is 1. The zero-order chi connectivity index (χ0) is 13.1. The molecular weight excluding hydrogens is 248 g/mol. The van der Waals surface area contributed by atoms with Crippen LogP contribution >= 0.6 is 11.6 Å². The molecule has 0 saturated carbocycles. The van der Waals surface area contributed by atoms with E-state index in [4.69, 9.17) is 11.6 Å². The standard InChI is InChI=1S/C14H17ClN2O/c1-10(2)14-12(9-18)7-16-17(14)8-11-5-3-4-6-13(11)15/h3-7,10,18H,8-9H2,1-2H3. The van der Waals surface area contributed by atoms with Crippen molar-refractivity contribution in [2.24, 2.45) is 0 Å². The highest BCUT2D eigenvalue weighted by Crippen LogP contribution is 2.22. The molecule has 0 atom stereocenters. The first-order valence-corrected chi connectivity index (χ1v) is 6.40. The Hall–Kier alpha value is -1.32. The quantitative estimate of drug-likeness (QED) is 0.921. The van der Waals surface area contributed by atoms with Crippen LogP contribution in [0.2, 0.25) is 5.02 Å². The van der Waals surface area contributed by atoms with E-state index in [0.717, 1.165) is 21.8 Å². The van der Waals surface area contributed by atoms with Crippen LogP contribution in [0, 0.1) is 0 Å². The fourth-order valence-electron chi connectivity index (χ4n) is 2.14. The van der Waals surface area contributed by atoms with Gasteiger partial charge in [0.15, 0.2) is 0 Å². The van der Waals surface area contributed by atoms with Crippen LogP contribution < -0.4 is 0 Å². The molecule has 0 aliphatic rings. The van der Waals surface area contributed by atoms with Crippen molar-refractivity contribution >= 4 is 11.6 Å². The number of hydrogen-bond donors (Lipinski definition) is 1. The van der Waals surface area contributed by atoms with Crippen molar-refractivity contribution in [3.63, 3.8) is 0 Å². The van der Waals surface area contributed by atoms with E-state index in [9.17, 15) is 5.11 Å². The highest BCUT2D eigenvalue weighted by Gasteiger charge is 2.14. The molecule has 0 spiro atoms. The molecule has 1 heterocycles. The van der Waals surface area contributed by atoms with Gasteiger partial charge < -0.3 is 5.11 Å². The summed E-state index contributed by atoms with van der Waals surface area (Å²) in [5.41, 5.74) is 2.99. The predicted octanol–water partition coefficient (Wildman–Crippen LogP) is 3.20. The van der Waals surface area contributed by atoms with Crippen LogP contribution in [0.3, 0.4) is 0 Å². The van der Waals surface area contributed by atoms with Crippen molar-refractivity contribution in [3.05, 3.63) is 52.3 Å². The van der Waals surface area contributed by atoms with Gasteiger partial charge in [-0.3, -0.25) is 4.68 Å². The van der Waals surface area contributed by atoms with Crippen molar-refractivity contribution in [1.82, 2.24) is 9.78 Å². The summed E-state index contributed by atoms with van der Waals surface area (Å²) in [5.74, 6) is 0.317. The maximum absolute atomic E-state index is 9.32. The Balaban J connectivity index is 2.35. The number of aliphatic hydroxyl groups is 1. The van der Waals surface area contributed by atoms with Crippen LogP contribution in [0.1, 0.15) is 36.6 Å². The maximum atomic E-state index is 9.32. The SMILES string of the molecule is CC(C)c1c(CO)cnn1Cc1ccccc1Cl. The summed E-state index contributed by atoms with van der Waals surface area (Å²) in [6, 6.07) is 7.75. The lowest BCUT2D eigenvalue weighted by Crippen LogP contribution is -2.09. The van der Waals surface area contributed by atoms with E-state index in [1.54, 1.807) is 6.20 Å². The third-order valence-electron chi connectivity index (χ3n) is 2.96. The van der Waals surface area contributed by atoms with E-state index >= 15 is 0 Å². The Kier molecular flexibility index (Phi) is 4.04. The Morgan fingerprint density at radius 3 is 2.61 bits per heavy atom. The molecule has 3 nitrogen and oxygen atoms in total. The van der Waals surface area contributed by atoms with Crippen LogP contribution in [0.5, 0.6) is 0 Å². The minimum Gasteiger partial charge on any atom is -0.392 e. The minimum absolute atomic E-state index is 0.0238. The van der Waals surface area contributed by atoms with Crippen molar-refractivity contribution in [2.75, 3.05) is 0 Å². The van der Waals surface area contributed by atoms with E-state index < -0.39 is 0 Å². The molecule has 1 aromatic heterocycles. The second kappa shape index (κ2) is 5.55. The summed E-state index contributed by atoms with van der Waals surface area (Å²) in [4.78, 5) is 0. The van der Waals surface area contributed by atoms with Gasteiger partial charge >= 0.3 is 0 Å². The largest absolute Gasteiger partial charge is 0.392 e. The summed E-state index contributed by atoms with van der Waals surface area (Å²) < 4.78 is 1.91. The van der Waals surface area contributed by atoms with Gasteiger partial charge in [-0.05, 0) is 17.5 Å². The average molecular weight is 265 g/mol. The zero-order valence-corrected chi connectivity index (χ0v) is 11.4. The van der Waals surface area contributed by atoms with Crippen LogP contribution in [-0.4, -0.2) is 14.9 Å². The van der Waals surface area contributed by atoms with Crippen molar-refractivity contribution < 1.29 is 5.11 Å². The third kappa shape index (κ3) is 2.57. The van der Waals surface area contributed by atoms with Crippen molar-refractivity contribution in [3.8, 4) is 0 Å². The lowest BCUT2D eigenvalue weighted by atomic mass is 10.1. The molecule has 0 fully saturated rings. The van der Waals surface area contributed by atoms with Crippen molar-refractivity contribution in [2.45, 2.75) is 32.9 Å². The first-order valence-electron chi connectivity index (χ1n) is 6.02. The lowest BCUT2D eigenvalue weighted by molar-refractivity contribution is 0.279. The normalized spacial score (nSPS) is 11.2. The van der Waals surface area contributed by atoms with E-state index in [2.05, 4.69) is 18.9 Å². The van der Waals surface area contributed by atoms with E-state index in [0.29, 0.717) is 12.5 Å². The second-order valence-corrected chi connectivity index (χ2v) is 5.02. The van der Waals surface area contributed by atoms with Crippen molar-refractivity contribution in [1.29, 1.82) is 0 Å². The zero-order valence-electron chi connectivity index (χ0n) is 10.6. The molecule has 0 aliphatic carbocycles. The summed E-state index contributed by atoms with van der Waals surface area (Å²) in [5, 5.41) is 14.4. The van der Waals surface area contributed by atoms with E-state index in [-0.39, 0.29) is 6.61 Å². The minimum atomic E-state index is 0.0238. The monoisotopic (exact) mass is 264 g/mol. The Morgan fingerprint density at radius 1 is 1.28 bits per heavy atom. The van der Waals surface area contributed by atoms with E-state index in [1.807, 2.05) is 28.9 Å². The molecule has 0 saturated heterocycles.